The SMILES string of the molecule is O=C(O)c1ccc2c(c1)[C@]1(CC[C@@H](Oc3cc(F)cc(Cl)c3)CC1)C(=O)N2. The molecule has 7 heteroatoms. The standard InChI is InChI=1S/C20H17ClFNO4/c21-12-8-13(22)10-15(9-12)27-14-3-5-20(6-4-14)16-7-11(18(24)25)1-2-17(16)23-19(20)26/h1-2,7-10,14H,3-6H2,(H,23,26)(H,24,25)/t14-,20-. The summed E-state index contributed by atoms with van der Waals surface area (Å²) in [4.78, 5) is 24.0. The van der Waals surface area contributed by atoms with E-state index in [4.69, 9.17) is 16.3 Å². The Labute approximate surface area is 160 Å². The van der Waals surface area contributed by atoms with Crippen molar-refractivity contribution < 1.29 is 23.8 Å². The van der Waals surface area contributed by atoms with Gasteiger partial charge < -0.3 is 15.2 Å². The molecule has 2 N–H and O–H groups in total. The van der Waals surface area contributed by atoms with Crippen molar-refractivity contribution >= 4 is 29.2 Å². The average molecular weight is 390 g/mol. The van der Waals surface area contributed by atoms with Gasteiger partial charge in [0.25, 0.3) is 0 Å². The lowest BCUT2D eigenvalue weighted by Crippen LogP contribution is -2.41. The van der Waals surface area contributed by atoms with Gasteiger partial charge in [0.2, 0.25) is 5.91 Å². The molecule has 140 valence electrons. The van der Waals surface area contributed by atoms with Crippen LogP contribution >= 0.6 is 11.6 Å². The van der Waals surface area contributed by atoms with Crippen molar-refractivity contribution in [1.82, 2.24) is 0 Å². The molecule has 1 aliphatic carbocycles. The Kier molecular flexibility index (Phi) is 4.30. The summed E-state index contributed by atoms with van der Waals surface area (Å²) >= 11 is 5.86. The average Bonchev–Trinajstić information content (AvgIpc) is 2.87. The van der Waals surface area contributed by atoms with Gasteiger partial charge in [-0.1, -0.05) is 11.6 Å². The number of hydrogen-bond donors (Lipinski definition) is 2. The van der Waals surface area contributed by atoms with Crippen LogP contribution in [0.1, 0.15) is 41.6 Å². The number of nitrogens with one attached hydrogen (secondary N) is 1. The number of amides is 1. The molecule has 1 fully saturated rings. The maximum atomic E-state index is 13.5. The Morgan fingerprint density at radius 1 is 1.22 bits per heavy atom. The molecule has 0 radical (unpaired) electrons. The molecule has 5 nitrogen and oxygen atoms in total. The van der Waals surface area contributed by atoms with Gasteiger partial charge in [-0.25, -0.2) is 9.18 Å². The Morgan fingerprint density at radius 2 is 1.96 bits per heavy atom. The quantitative estimate of drug-likeness (QED) is 0.816. The van der Waals surface area contributed by atoms with Crippen LogP contribution in [0.5, 0.6) is 5.75 Å². The van der Waals surface area contributed by atoms with Crippen molar-refractivity contribution in [1.29, 1.82) is 0 Å². The lowest BCUT2D eigenvalue weighted by molar-refractivity contribution is -0.122. The number of carboxylic acid groups (broad SMARTS) is 1. The molecule has 0 atom stereocenters. The summed E-state index contributed by atoms with van der Waals surface area (Å²) in [5.74, 6) is -1.22. The highest BCUT2D eigenvalue weighted by Crippen LogP contribution is 2.48. The largest absolute Gasteiger partial charge is 0.490 e. The number of hydrogen-bond acceptors (Lipinski definition) is 3. The van der Waals surface area contributed by atoms with Gasteiger partial charge >= 0.3 is 5.97 Å². The second-order valence-corrected chi connectivity index (χ2v) is 7.46. The third-order valence-electron chi connectivity index (χ3n) is 5.39. The number of anilines is 1. The van der Waals surface area contributed by atoms with Gasteiger partial charge in [-0.2, -0.15) is 0 Å². The van der Waals surface area contributed by atoms with E-state index in [-0.39, 0.29) is 22.6 Å². The van der Waals surface area contributed by atoms with Crippen LogP contribution in [0.4, 0.5) is 10.1 Å². The molecule has 2 aromatic carbocycles. The number of carbonyl (C=O) groups is 2. The Balaban J connectivity index is 1.54. The van der Waals surface area contributed by atoms with E-state index >= 15 is 0 Å². The van der Waals surface area contributed by atoms with E-state index in [1.807, 2.05) is 0 Å². The summed E-state index contributed by atoms with van der Waals surface area (Å²) < 4.78 is 19.3. The molecule has 1 amide bonds. The molecule has 27 heavy (non-hydrogen) atoms. The first-order chi connectivity index (χ1) is 12.9. The fourth-order valence-corrected chi connectivity index (χ4v) is 4.25. The van der Waals surface area contributed by atoms with E-state index in [2.05, 4.69) is 5.32 Å². The normalized spacial score (nSPS) is 23.8. The summed E-state index contributed by atoms with van der Waals surface area (Å²) in [6, 6.07) is 8.78. The van der Waals surface area contributed by atoms with Gasteiger partial charge in [-0.3, -0.25) is 4.79 Å². The van der Waals surface area contributed by atoms with Crippen LogP contribution in [0, 0.1) is 5.82 Å². The number of aromatic carboxylic acids is 1. The molecular weight excluding hydrogens is 373 g/mol. The highest BCUT2D eigenvalue weighted by molar-refractivity contribution is 6.30. The lowest BCUT2D eigenvalue weighted by atomic mass is 9.69. The Bertz CT molecular complexity index is 917. The fraction of sp³-hybridized carbons (Fsp3) is 0.300. The van der Waals surface area contributed by atoms with Crippen LogP contribution < -0.4 is 10.1 Å². The molecule has 0 saturated heterocycles. The molecule has 0 bridgehead atoms. The number of benzene rings is 2. The van der Waals surface area contributed by atoms with Crippen molar-refractivity contribution in [2.75, 3.05) is 5.32 Å². The van der Waals surface area contributed by atoms with Gasteiger partial charge in [0.15, 0.2) is 0 Å². The van der Waals surface area contributed by atoms with Gasteiger partial charge in [-0.15, -0.1) is 0 Å². The molecule has 2 aromatic rings. The predicted molar refractivity (Wildman–Crippen MR) is 98.0 cm³/mol. The number of carbonyl (C=O) groups excluding carboxylic acids is 1. The molecular formula is C20H17ClFNO4. The fourth-order valence-electron chi connectivity index (χ4n) is 4.03. The number of fused-ring (bicyclic) bond motifs is 2. The van der Waals surface area contributed by atoms with Crippen LogP contribution in [-0.4, -0.2) is 23.1 Å². The molecule has 2 aliphatic rings. The summed E-state index contributed by atoms with van der Waals surface area (Å²) in [5.41, 5.74) is 0.832. The zero-order valence-electron chi connectivity index (χ0n) is 14.3. The molecule has 1 spiro atoms. The Morgan fingerprint density at radius 3 is 2.63 bits per heavy atom. The maximum Gasteiger partial charge on any atom is 0.335 e. The van der Waals surface area contributed by atoms with Crippen molar-refractivity contribution in [3.8, 4) is 5.75 Å². The first kappa shape index (κ1) is 17.8. The van der Waals surface area contributed by atoms with Gasteiger partial charge in [0.1, 0.15) is 11.6 Å². The van der Waals surface area contributed by atoms with Crippen LogP contribution in [-0.2, 0) is 10.2 Å². The van der Waals surface area contributed by atoms with E-state index in [1.54, 1.807) is 18.2 Å². The predicted octanol–water partition coefficient (Wildman–Crippen LogP) is 4.39. The summed E-state index contributed by atoms with van der Waals surface area (Å²) in [7, 11) is 0. The first-order valence-corrected chi connectivity index (χ1v) is 9.07. The minimum Gasteiger partial charge on any atom is -0.490 e. The van der Waals surface area contributed by atoms with Crippen LogP contribution in [0.15, 0.2) is 36.4 Å². The third kappa shape index (κ3) is 3.14. The van der Waals surface area contributed by atoms with Gasteiger partial charge in [0, 0.05) is 16.8 Å². The van der Waals surface area contributed by atoms with Crippen molar-refractivity contribution in [2.45, 2.75) is 37.2 Å². The van der Waals surface area contributed by atoms with E-state index in [0.717, 1.165) is 5.56 Å². The number of rotatable bonds is 3. The van der Waals surface area contributed by atoms with Crippen molar-refractivity contribution in [3.05, 3.63) is 58.4 Å². The molecule has 1 heterocycles. The maximum absolute atomic E-state index is 13.5. The van der Waals surface area contributed by atoms with E-state index in [0.29, 0.717) is 37.1 Å². The Hall–Kier alpha value is -2.60. The number of halogens is 2. The minimum absolute atomic E-state index is 0.104. The zero-order valence-corrected chi connectivity index (χ0v) is 15.1. The highest BCUT2D eigenvalue weighted by atomic mass is 35.5. The zero-order chi connectivity index (χ0) is 19.2. The summed E-state index contributed by atoms with van der Waals surface area (Å²) in [6.07, 6.45) is 2.09. The van der Waals surface area contributed by atoms with E-state index in [9.17, 15) is 19.1 Å². The number of ether oxygens (including phenoxy) is 1. The van der Waals surface area contributed by atoms with Crippen molar-refractivity contribution in [2.24, 2.45) is 0 Å². The topological polar surface area (TPSA) is 75.6 Å². The molecule has 1 saturated carbocycles. The second-order valence-electron chi connectivity index (χ2n) is 7.02. The summed E-state index contributed by atoms with van der Waals surface area (Å²) in [5, 5.41) is 12.4. The van der Waals surface area contributed by atoms with Crippen molar-refractivity contribution in [3.63, 3.8) is 0 Å². The second kappa shape index (κ2) is 6.53. The molecule has 0 unspecified atom stereocenters. The molecule has 4 rings (SSSR count). The first-order valence-electron chi connectivity index (χ1n) is 8.69. The molecule has 1 aliphatic heterocycles. The summed E-state index contributed by atoms with van der Waals surface area (Å²) in [6.45, 7) is 0. The van der Waals surface area contributed by atoms with Gasteiger partial charge in [0.05, 0.1) is 17.1 Å². The highest BCUT2D eigenvalue weighted by Gasteiger charge is 2.49. The smallest absolute Gasteiger partial charge is 0.335 e. The monoisotopic (exact) mass is 389 g/mol. The van der Waals surface area contributed by atoms with E-state index in [1.165, 1.54) is 18.2 Å². The lowest BCUT2D eigenvalue weighted by Gasteiger charge is -2.35. The van der Waals surface area contributed by atoms with Crippen LogP contribution in [0.2, 0.25) is 5.02 Å². The molecule has 0 aromatic heterocycles. The van der Waals surface area contributed by atoms with Crippen LogP contribution in [0.3, 0.4) is 0 Å². The minimum atomic E-state index is -1.02. The third-order valence-corrected chi connectivity index (χ3v) is 5.61. The van der Waals surface area contributed by atoms with Crippen LogP contribution in [0.25, 0.3) is 0 Å². The van der Waals surface area contributed by atoms with Gasteiger partial charge in [-0.05, 0) is 61.6 Å². The van der Waals surface area contributed by atoms with E-state index < -0.39 is 17.2 Å². The number of carboxylic acids is 1.